The maximum Gasteiger partial charge on any atom is 0.173 e. The van der Waals surface area contributed by atoms with Crippen molar-refractivity contribution in [2.75, 3.05) is 0 Å². The van der Waals surface area contributed by atoms with Crippen LogP contribution in [0.15, 0.2) is 28.8 Å². The van der Waals surface area contributed by atoms with Crippen molar-refractivity contribution in [3.05, 3.63) is 41.6 Å². The topological polar surface area (TPSA) is 38.1 Å². The lowest BCUT2D eigenvalue weighted by atomic mass is 10.1. The summed E-state index contributed by atoms with van der Waals surface area (Å²) in [6, 6.07) is 5.23. The van der Waals surface area contributed by atoms with E-state index in [-0.39, 0.29) is 16.9 Å². The van der Waals surface area contributed by atoms with Gasteiger partial charge in [0, 0.05) is 18.2 Å². The fourth-order valence-electron chi connectivity index (χ4n) is 1.60. The van der Waals surface area contributed by atoms with Gasteiger partial charge in [-0.15, -0.1) is 0 Å². The molecule has 3 nitrogen and oxygen atoms in total. The van der Waals surface area contributed by atoms with Gasteiger partial charge in [-0.25, -0.2) is 8.78 Å². The van der Waals surface area contributed by atoms with Gasteiger partial charge in [0.2, 0.25) is 0 Å². The second-order valence-corrected chi connectivity index (χ2v) is 5.38. The summed E-state index contributed by atoms with van der Waals surface area (Å²) in [5, 5.41) is 7.03. The number of aromatic nitrogens is 1. The average Bonchev–Trinajstić information content (AvgIpc) is 2.74. The third kappa shape index (κ3) is 3.38. The number of nitrogens with one attached hydrogen (secondary N) is 1. The van der Waals surface area contributed by atoms with Gasteiger partial charge in [-0.3, -0.25) is 0 Å². The summed E-state index contributed by atoms with van der Waals surface area (Å²) in [6.45, 7) is 6.53. The summed E-state index contributed by atoms with van der Waals surface area (Å²) in [5.74, 6) is -1.22. The molecule has 0 aliphatic heterocycles. The first-order chi connectivity index (χ1) is 8.87. The average molecular weight is 266 g/mol. The Kier molecular flexibility index (Phi) is 3.66. The molecule has 0 unspecified atom stereocenters. The van der Waals surface area contributed by atoms with Crippen LogP contribution >= 0.6 is 0 Å². The van der Waals surface area contributed by atoms with E-state index in [1.165, 1.54) is 18.2 Å². The van der Waals surface area contributed by atoms with Crippen molar-refractivity contribution in [3.8, 4) is 11.3 Å². The Labute approximate surface area is 110 Å². The van der Waals surface area contributed by atoms with Gasteiger partial charge in [0.15, 0.2) is 5.76 Å². The van der Waals surface area contributed by atoms with E-state index in [0.29, 0.717) is 12.2 Å². The van der Waals surface area contributed by atoms with Crippen LogP contribution in [-0.4, -0.2) is 10.7 Å². The highest BCUT2D eigenvalue weighted by molar-refractivity contribution is 5.59. The third-order valence-corrected chi connectivity index (χ3v) is 2.57. The van der Waals surface area contributed by atoms with Crippen LogP contribution < -0.4 is 5.32 Å². The number of benzene rings is 1. The molecule has 5 heteroatoms. The molecule has 0 radical (unpaired) electrons. The highest BCUT2D eigenvalue weighted by atomic mass is 19.1. The van der Waals surface area contributed by atoms with Crippen molar-refractivity contribution in [1.82, 2.24) is 10.5 Å². The normalized spacial score (nSPS) is 11.8. The minimum atomic E-state index is -0.661. The number of nitrogens with zero attached hydrogens (tertiary/aromatic N) is 1. The fraction of sp³-hybridized carbons (Fsp3) is 0.357. The lowest BCUT2D eigenvalue weighted by Crippen LogP contribution is -2.35. The van der Waals surface area contributed by atoms with Gasteiger partial charge in [-0.2, -0.15) is 0 Å². The summed E-state index contributed by atoms with van der Waals surface area (Å²) < 4.78 is 32.2. The molecule has 1 N–H and O–H groups in total. The number of hydrogen-bond acceptors (Lipinski definition) is 3. The molecule has 0 bridgehead atoms. The molecule has 102 valence electrons. The van der Waals surface area contributed by atoms with Crippen molar-refractivity contribution in [2.45, 2.75) is 32.9 Å². The van der Waals surface area contributed by atoms with Crippen LogP contribution in [0.5, 0.6) is 0 Å². The van der Waals surface area contributed by atoms with E-state index < -0.39 is 11.6 Å². The van der Waals surface area contributed by atoms with E-state index in [1.54, 1.807) is 6.07 Å². The predicted molar refractivity (Wildman–Crippen MR) is 68.4 cm³/mol. The van der Waals surface area contributed by atoms with Gasteiger partial charge >= 0.3 is 0 Å². The zero-order valence-corrected chi connectivity index (χ0v) is 11.1. The van der Waals surface area contributed by atoms with E-state index in [9.17, 15) is 8.78 Å². The molecule has 0 fully saturated rings. The van der Waals surface area contributed by atoms with Crippen LogP contribution in [0.2, 0.25) is 0 Å². The second kappa shape index (κ2) is 5.09. The molecule has 0 spiro atoms. The molecule has 0 aliphatic rings. The number of rotatable bonds is 3. The highest BCUT2D eigenvalue weighted by Crippen LogP contribution is 2.26. The largest absolute Gasteiger partial charge is 0.356 e. The summed E-state index contributed by atoms with van der Waals surface area (Å²) in [4.78, 5) is 0. The molecule has 0 aliphatic carbocycles. The molecular formula is C14H16F2N2O. The Hall–Kier alpha value is -1.75. The third-order valence-electron chi connectivity index (χ3n) is 2.57. The molecule has 1 aromatic heterocycles. The van der Waals surface area contributed by atoms with Crippen molar-refractivity contribution in [1.29, 1.82) is 0 Å². The summed E-state index contributed by atoms with van der Waals surface area (Å²) in [6.07, 6.45) is 0. The van der Waals surface area contributed by atoms with Gasteiger partial charge in [0.1, 0.15) is 11.6 Å². The van der Waals surface area contributed by atoms with Crippen LogP contribution in [0.3, 0.4) is 0 Å². The Bertz CT molecular complexity index is 553. The standard InChI is InChI=1S/C14H16F2N2O/c1-14(2,3)17-8-9-7-12(19-18-9)13-10(15)5-4-6-11(13)16/h4-7,17H,8H2,1-3H3. The maximum absolute atomic E-state index is 13.6. The van der Waals surface area contributed by atoms with Gasteiger partial charge in [-0.05, 0) is 32.9 Å². The zero-order chi connectivity index (χ0) is 14.0. The van der Waals surface area contributed by atoms with Gasteiger partial charge in [0.25, 0.3) is 0 Å². The molecule has 19 heavy (non-hydrogen) atoms. The molecule has 0 amide bonds. The first kappa shape index (κ1) is 13.7. The van der Waals surface area contributed by atoms with Crippen LogP contribution in [0.25, 0.3) is 11.3 Å². The molecule has 0 atom stereocenters. The second-order valence-electron chi connectivity index (χ2n) is 5.38. The lowest BCUT2D eigenvalue weighted by molar-refractivity contribution is 0.391. The number of halogens is 2. The quantitative estimate of drug-likeness (QED) is 0.923. The molecule has 1 aromatic carbocycles. The lowest BCUT2D eigenvalue weighted by Gasteiger charge is -2.19. The van der Waals surface area contributed by atoms with Crippen molar-refractivity contribution in [3.63, 3.8) is 0 Å². The van der Waals surface area contributed by atoms with E-state index >= 15 is 0 Å². The Balaban J connectivity index is 2.22. The maximum atomic E-state index is 13.6. The molecule has 2 aromatic rings. The molecule has 0 saturated carbocycles. The van der Waals surface area contributed by atoms with E-state index in [4.69, 9.17) is 4.52 Å². The van der Waals surface area contributed by atoms with Crippen LogP contribution in [0.4, 0.5) is 8.78 Å². The molecule has 2 rings (SSSR count). The number of hydrogen-bond donors (Lipinski definition) is 1. The van der Waals surface area contributed by atoms with Gasteiger partial charge in [-0.1, -0.05) is 11.2 Å². The predicted octanol–water partition coefficient (Wildman–Crippen LogP) is 3.51. The monoisotopic (exact) mass is 266 g/mol. The minimum Gasteiger partial charge on any atom is -0.356 e. The summed E-state index contributed by atoms with van der Waals surface area (Å²) >= 11 is 0. The first-order valence-electron chi connectivity index (χ1n) is 6.02. The Morgan fingerprint density at radius 2 is 1.84 bits per heavy atom. The Morgan fingerprint density at radius 3 is 2.42 bits per heavy atom. The van der Waals surface area contributed by atoms with E-state index in [2.05, 4.69) is 10.5 Å². The zero-order valence-electron chi connectivity index (χ0n) is 11.1. The van der Waals surface area contributed by atoms with Crippen molar-refractivity contribution in [2.24, 2.45) is 0 Å². The van der Waals surface area contributed by atoms with Gasteiger partial charge < -0.3 is 9.84 Å². The smallest absolute Gasteiger partial charge is 0.173 e. The first-order valence-corrected chi connectivity index (χ1v) is 6.02. The van der Waals surface area contributed by atoms with Crippen molar-refractivity contribution < 1.29 is 13.3 Å². The van der Waals surface area contributed by atoms with E-state index in [1.807, 2.05) is 20.8 Å². The van der Waals surface area contributed by atoms with E-state index in [0.717, 1.165) is 0 Å². The molecular weight excluding hydrogens is 250 g/mol. The fourth-order valence-corrected chi connectivity index (χ4v) is 1.60. The van der Waals surface area contributed by atoms with Gasteiger partial charge in [0.05, 0.1) is 11.3 Å². The van der Waals surface area contributed by atoms with Crippen LogP contribution in [0, 0.1) is 11.6 Å². The summed E-state index contributed by atoms with van der Waals surface area (Å²) in [7, 11) is 0. The Morgan fingerprint density at radius 1 is 1.21 bits per heavy atom. The molecule has 0 saturated heterocycles. The molecule has 1 heterocycles. The van der Waals surface area contributed by atoms with Crippen LogP contribution in [-0.2, 0) is 6.54 Å². The van der Waals surface area contributed by atoms with Crippen LogP contribution in [0.1, 0.15) is 26.5 Å². The highest BCUT2D eigenvalue weighted by Gasteiger charge is 2.17. The summed E-state index contributed by atoms with van der Waals surface area (Å²) in [5.41, 5.74) is 0.354. The minimum absolute atomic E-state index is 0.0671. The SMILES string of the molecule is CC(C)(C)NCc1cc(-c2c(F)cccc2F)on1. The van der Waals surface area contributed by atoms with Crippen molar-refractivity contribution >= 4 is 0 Å².